The smallest absolute Gasteiger partial charge is 0.241 e. The fourth-order valence-corrected chi connectivity index (χ4v) is 3.80. The Bertz CT molecular complexity index is 532. The fraction of sp³-hybridized carbons (Fsp3) is 0.538. The van der Waals surface area contributed by atoms with Gasteiger partial charge in [-0.3, -0.25) is 0 Å². The van der Waals surface area contributed by atoms with Gasteiger partial charge in [-0.05, 0) is 67.1 Å². The van der Waals surface area contributed by atoms with Crippen molar-refractivity contribution in [3.05, 3.63) is 28.2 Å². The summed E-state index contributed by atoms with van der Waals surface area (Å²) in [7, 11) is 0.509. The van der Waals surface area contributed by atoms with Gasteiger partial charge in [-0.25, -0.2) is 13.1 Å². The molecule has 0 unspecified atom stereocenters. The van der Waals surface area contributed by atoms with E-state index in [0.717, 1.165) is 24.9 Å². The highest BCUT2D eigenvalue weighted by Gasteiger charge is 2.17. The molecule has 1 rings (SSSR count). The minimum absolute atomic E-state index is 0.244. The Balaban J connectivity index is 2.64. The van der Waals surface area contributed by atoms with E-state index in [9.17, 15) is 8.42 Å². The van der Waals surface area contributed by atoms with E-state index in [1.54, 1.807) is 18.2 Å². The van der Waals surface area contributed by atoms with Gasteiger partial charge in [-0.2, -0.15) is 0 Å². The van der Waals surface area contributed by atoms with Crippen molar-refractivity contribution in [2.45, 2.75) is 24.3 Å². The molecule has 7 heteroatoms. The number of nitrogens with one attached hydrogen (secondary N) is 1. The van der Waals surface area contributed by atoms with E-state index in [2.05, 4.69) is 25.6 Å². The predicted molar refractivity (Wildman–Crippen MR) is 85.0 cm³/mol. The van der Waals surface area contributed by atoms with Gasteiger partial charge in [-0.1, -0.05) is 6.07 Å². The van der Waals surface area contributed by atoms with Crippen LogP contribution in [-0.2, 0) is 16.6 Å². The summed E-state index contributed by atoms with van der Waals surface area (Å²) in [5.41, 5.74) is 6.34. The zero-order valence-corrected chi connectivity index (χ0v) is 14.3. The van der Waals surface area contributed by atoms with Crippen LogP contribution in [0.4, 0.5) is 0 Å². The number of rotatable bonds is 8. The summed E-state index contributed by atoms with van der Waals surface area (Å²) in [5.74, 6) is 0. The lowest BCUT2D eigenvalue weighted by molar-refractivity contribution is 0.394. The molecule has 0 aliphatic rings. The van der Waals surface area contributed by atoms with Gasteiger partial charge < -0.3 is 10.6 Å². The summed E-state index contributed by atoms with van der Waals surface area (Å²) in [6.07, 6.45) is 1.77. The maximum atomic E-state index is 12.2. The van der Waals surface area contributed by atoms with Crippen molar-refractivity contribution >= 4 is 26.0 Å². The first kappa shape index (κ1) is 17.6. The number of benzene rings is 1. The average Bonchev–Trinajstić information content (AvgIpc) is 2.38. The SMILES string of the molecule is CN(C)CCCCNS(=O)(=O)c1cc(CN)ccc1Br. The van der Waals surface area contributed by atoms with E-state index in [1.165, 1.54) is 0 Å². The first-order valence-electron chi connectivity index (χ1n) is 6.49. The highest BCUT2D eigenvalue weighted by atomic mass is 79.9. The van der Waals surface area contributed by atoms with Crippen LogP contribution in [0.5, 0.6) is 0 Å². The molecule has 1 aromatic rings. The van der Waals surface area contributed by atoms with E-state index in [0.29, 0.717) is 17.6 Å². The number of sulfonamides is 1. The van der Waals surface area contributed by atoms with Crippen molar-refractivity contribution in [1.82, 2.24) is 9.62 Å². The Hall–Kier alpha value is -0.470. The maximum Gasteiger partial charge on any atom is 0.241 e. The fourth-order valence-electron chi connectivity index (χ4n) is 1.72. The van der Waals surface area contributed by atoms with Crippen molar-refractivity contribution < 1.29 is 8.42 Å². The number of nitrogens with zero attached hydrogens (tertiary/aromatic N) is 1. The summed E-state index contributed by atoms with van der Waals surface area (Å²) >= 11 is 3.27. The van der Waals surface area contributed by atoms with Gasteiger partial charge in [-0.15, -0.1) is 0 Å². The molecule has 0 saturated carbocycles. The molecule has 0 fully saturated rings. The van der Waals surface area contributed by atoms with Gasteiger partial charge >= 0.3 is 0 Å². The van der Waals surface area contributed by atoms with Crippen molar-refractivity contribution in [2.75, 3.05) is 27.2 Å². The van der Waals surface area contributed by atoms with Crippen LogP contribution in [0.25, 0.3) is 0 Å². The monoisotopic (exact) mass is 363 g/mol. The molecule has 5 nitrogen and oxygen atoms in total. The lowest BCUT2D eigenvalue weighted by Crippen LogP contribution is -2.26. The largest absolute Gasteiger partial charge is 0.326 e. The van der Waals surface area contributed by atoms with Gasteiger partial charge in [0.2, 0.25) is 10.0 Å². The molecule has 0 aliphatic carbocycles. The summed E-state index contributed by atoms with van der Waals surface area (Å²) in [5, 5.41) is 0. The van der Waals surface area contributed by atoms with Crippen molar-refractivity contribution in [3.63, 3.8) is 0 Å². The average molecular weight is 364 g/mol. The van der Waals surface area contributed by atoms with Crippen LogP contribution in [0.2, 0.25) is 0 Å². The third-order valence-corrected chi connectivity index (χ3v) is 5.30. The van der Waals surface area contributed by atoms with Gasteiger partial charge in [0.15, 0.2) is 0 Å². The number of hydrogen-bond donors (Lipinski definition) is 2. The van der Waals surface area contributed by atoms with Crippen LogP contribution in [-0.4, -0.2) is 40.5 Å². The quantitative estimate of drug-likeness (QED) is 0.686. The highest BCUT2D eigenvalue weighted by Crippen LogP contribution is 2.23. The minimum Gasteiger partial charge on any atom is -0.326 e. The topological polar surface area (TPSA) is 75.4 Å². The van der Waals surface area contributed by atoms with E-state index >= 15 is 0 Å². The number of nitrogens with two attached hydrogens (primary N) is 1. The summed E-state index contributed by atoms with van der Waals surface area (Å²) < 4.78 is 27.6. The molecule has 0 amide bonds. The summed E-state index contributed by atoms with van der Waals surface area (Å²) in [4.78, 5) is 2.32. The van der Waals surface area contributed by atoms with Crippen molar-refractivity contribution in [3.8, 4) is 0 Å². The first-order valence-corrected chi connectivity index (χ1v) is 8.77. The minimum atomic E-state index is -3.49. The molecule has 0 atom stereocenters. The van der Waals surface area contributed by atoms with Gasteiger partial charge in [0.25, 0.3) is 0 Å². The molecular formula is C13H22BrN3O2S. The Kier molecular flexibility index (Phi) is 7.11. The molecule has 0 saturated heterocycles. The molecule has 1 aromatic carbocycles. The Labute approximate surface area is 129 Å². The zero-order valence-electron chi connectivity index (χ0n) is 11.9. The third kappa shape index (κ3) is 5.49. The molecule has 3 N–H and O–H groups in total. The molecule has 0 heterocycles. The van der Waals surface area contributed by atoms with Crippen LogP contribution in [0, 0.1) is 0 Å². The van der Waals surface area contributed by atoms with Gasteiger partial charge in [0, 0.05) is 17.6 Å². The van der Waals surface area contributed by atoms with Crippen molar-refractivity contribution in [2.24, 2.45) is 5.73 Å². The van der Waals surface area contributed by atoms with Crippen LogP contribution in [0.1, 0.15) is 18.4 Å². The lowest BCUT2D eigenvalue weighted by Gasteiger charge is -2.11. The summed E-state index contributed by atoms with van der Waals surface area (Å²) in [6.45, 7) is 1.71. The third-order valence-electron chi connectivity index (χ3n) is 2.85. The zero-order chi connectivity index (χ0) is 15.2. The van der Waals surface area contributed by atoms with Crippen molar-refractivity contribution in [1.29, 1.82) is 0 Å². The highest BCUT2D eigenvalue weighted by molar-refractivity contribution is 9.10. The number of halogens is 1. The Morgan fingerprint density at radius 1 is 1.30 bits per heavy atom. The lowest BCUT2D eigenvalue weighted by atomic mass is 10.2. The van der Waals surface area contributed by atoms with Gasteiger partial charge in [0.05, 0.1) is 4.90 Å². The second kappa shape index (κ2) is 8.09. The maximum absolute atomic E-state index is 12.2. The van der Waals surface area contributed by atoms with E-state index in [1.807, 2.05) is 14.1 Å². The molecular weight excluding hydrogens is 342 g/mol. The molecule has 0 spiro atoms. The molecule has 0 bridgehead atoms. The van der Waals surface area contributed by atoms with Crippen LogP contribution in [0.15, 0.2) is 27.6 Å². The number of unbranched alkanes of at least 4 members (excludes halogenated alkanes) is 1. The molecule has 114 valence electrons. The van der Waals surface area contributed by atoms with E-state index < -0.39 is 10.0 Å². The van der Waals surface area contributed by atoms with Gasteiger partial charge in [0.1, 0.15) is 0 Å². The normalized spacial score (nSPS) is 12.1. The molecule has 0 radical (unpaired) electrons. The predicted octanol–water partition coefficient (Wildman–Crippen LogP) is 1.53. The van der Waals surface area contributed by atoms with Crippen LogP contribution in [0.3, 0.4) is 0 Å². The molecule has 20 heavy (non-hydrogen) atoms. The second-order valence-electron chi connectivity index (χ2n) is 4.88. The van der Waals surface area contributed by atoms with E-state index in [-0.39, 0.29) is 4.90 Å². The second-order valence-corrected chi connectivity index (χ2v) is 7.47. The standard InChI is InChI=1S/C13H22BrN3O2S/c1-17(2)8-4-3-7-16-20(18,19)13-9-11(10-15)5-6-12(13)14/h5-6,9,16H,3-4,7-8,10,15H2,1-2H3. The Morgan fingerprint density at radius 2 is 2.00 bits per heavy atom. The van der Waals surface area contributed by atoms with E-state index in [4.69, 9.17) is 5.73 Å². The molecule has 0 aromatic heterocycles. The molecule has 0 aliphatic heterocycles. The van der Waals surface area contributed by atoms with Crippen LogP contribution < -0.4 is 10.5 Å². The number of hydrogen-bond acceptors (Lipinski definition) is 4. The Morgan fingerprint density at radius 3 is 2.60 bits per heavy atom. The first-order chi connectivity index (χ1) is 9.36. The summed E-state index contributed by atoms with van der Waals surface area (Å²) in [6, 6.07) is 5.12. The van der Waals surface area contributed by atoms with Crippen LogP contribution >= 0.6 is 15.9 Å².